The van der Waals surface area contributed by atoms with E-state index in [0.717, 1.165) is 55.8 Å². The monoisotopic (exact) mass is 350 g/mol. The van der Waals surface area contributed by atoms with Gasteiger partial charge in [0.2, 0.25) is 5.91 Å². The third kappa shape index (κ3) is 3.71. The first-order valence-electron chi connectivity index (χ1n) is 9.57. The molecule has 0 bridgehead atoms. The van der Waals surface area contributed by atoms with Crippen molar-refractivity contribution in [3.63, 3.8) is 0 Å². The first-order chi connectivity index (χ1) is 12.6. The van der Waals surface area contributed by atoms with E-state index in [0.29, 0.717) is 6.04 Å². The molecular formula is C21H26N4O. The summed E-state index contributed by atoms with van der Waals surface area (Å²) in [5, 5.41) is 12.0. The number of rotatable bonds is 4. The van der Waals surface area contributed by atoms with Crippen LogP contribution < -0.4 is 10.2 Å². The quantitative estimate of drug-likeness (QED) is 0.919. The summed E-state index contributed by atoms with van der Waals surface area (Å²) in [6.45, 7) is 5.89. The molecule has 1 aromatic carbocycles. The number of piperidine rings is 1. The predicted molar refractivity (Wildman–Crippen MR) is 103 cm³/mol. The lowest BCUT2D eigenvalue weighted by Gasteiger charge is -2.32. The Kier molecular flexibility index (Phi) is 4.62. The minimum absolute atomic E-state index is 0.0607. The Morgan fingerprint density at radius 2 is 1.92 bits per heavy atom. The van der Waals surface area contributed by atoms with Crippen molar-refractivity contribution in [2.45, 2.75) is 45.6 Å². The lowest BCUT2D eigenvalue weighted by atomic mass is 9.97. The SMILES string of the molecule is Cc1ccc(-c2ccc(N3CCC[C@@H](C(=O)NC4CC4)C3)nn2)cc1C. The molecule has 4 rings (SSSR count). The summed E-state index contributed by atoms with van der Waals surface area (Å²) in [7, 11) is 0. The number of hydrogen-bond acceptors (Lipinski definition) is 4. The highest BCUT2D eigenvalue weighted by Gasteiger charge is 2.30. The van der Waals surface area contributed by atoms with Crippen molar-refractivity contribution in [2.75, 3.05) is 18.0 Å². The molecule has 1 aliphatic carbocycles. The highest BCUT2D eigenvalue weighted by molar-refractivity contribution is 5.80. The summed E-state index contributed by atoms with van der Waals surface area (Å²) in [6.07, 6.45) is 4.24. The van der Waals surface area contributed by atoms with Gasteiger partial charge < -0.3 is 10.2 Å². The molecule has 5 nitrogen and oxygen atoms in total. The van der Waals surface area contributed by atoms with Gasteiger partial charge in [-0.15, -0.1) is 10.2 Å². The molecule has 0 radical (unpaired) electrons. The highest BCUT2D eigenvalue weighted by atomic mass is 16.2. The number of benzene rings is 1. The van der Waals surface area contributed by atoms with Crippen LogP contribution in [0.4, 0.5) is 5.82 Å². The van der Waals surface area contributed by atoms with Gasteiger partial charge >= 0.3 is 0 Å². The maximum absolute atomic E-state index is 12.4. The summed E-state index contributed by atoms with van der Waals surface area (Å²) in [4.78, 5) is 14.5. The normalized spacial score (nSPS) is 20.1. The van der Waals surface area contributed by atoms with Gasteiger partial charge in [-0.2, -0.15) is 0 Å². The second kappa shape index (κ2) is 7.06. The number of aromatic nitrogens is 2. The van der Waals surface area contributed by atoms with Crippen LogP contribution in [0.5, 0.6) is 0 Å². The summed E-state index contributed by atoms with van der Waals surface area (Å²) in [6, 6.07) is 10.8. The average Bonchev–Trinajstić information content (AvgIpc) is 3.48. The van der Waals surface area contributed by atoms with E-state index in [1.807, 2.05) is 12.1 Å². The van der Waals surface area contributed by atoms with Crippen molar-refractivity contribution in [3.8, 4) is 11.3 Å². The Bertz CT molecular complexity index is 798. The van der Waals surface area contributed by atoms with Crippen molar-refractivity contribution in [1.29, 1.82) is 0 Å². The summed E-state index contributed by atoms with van der Waals surface area (Å²) in [5.41, 5.74) is 4.51. The van der Waals surface area contributed by atoms with Crippen LogP contribution in [0.3, 0.4) is 0 Å². The zero-order valence-corrected chi connectivity index (χ0v) is 15.5. The number of carbonyl (C=O) groups is 1. The minimum Gasteiger partial charge on any atom is -0.354 e. The molecule has 2 heterocycles. The number of nitrogens with zero attached hydrogens (tertiary/aromatic N) is 3. The van der Waals surface area contributed by atoms with Crippen molar-refractivity contribution in [1.82, 2.24) is 15.5 Å². The smallest absolute Gasteiger partial charge is 0.225 e. The number of amides is 1. The summed E-state index contributed by atoms with van der Waals surface area (Å²) >= 11 is 0. The first kappa shape index (κ1) is 17.0. The second-order valence-corrected chi connectivity index (χ2v) is 7.64. The zero-order valence-electron chi connectivity index (χ0n) is 15.5. The van der Waals surface area contributed by atoms with Gasteiger partial charge in [0.15, 0.2) is 5.82 Å². The Labute approximate surface area is 154 Å². The molecule has 2 aromatic rings. The zero-order chi connectivity index (χ0) is 18.1. The second-order valence-electron chi connectivity index (χ2n) is 7.64. The average molecular weight is 350 g/mol. The Morgan fingerprint density at radius 3 is 2.62 bits per heavy atom. The summed E-state index contributed by atoms with van der Waals surface area (Å²) < 4.78 is 0. The predicted octanol–water partition coefficient (Wildman–Crippen LogP) is 3.26. The van der Waals surface area contributed by atoms with Crippen LogP contribution in [0, 0.1) is 19.8 Å². The molecule has 1 aromatic heterocycles. The van der Waals surface area contributed by atoms with Crippen molar-refractivity contribution in [3.05, 3.63) is 41.5 Å². The summed E-state index contributed by atoms with van der Waals surface area (Å²) in [5.74, 6) is 1.13. The fourth-order valence-corrected chi connectivity index (χ4v) is 3.49. The Balaban J connectivity index is 1.45. The molecule has 1 N–H and O–H groups in total. The van der Waals surface area contributed by atoms with Crippen LogP contribution in [0.1, 0.15) is 36.8 Å². The third-order valence-electron chi connectivity index (χ3n) is 5.49. The maximum atomic E-state index is 12.4. The standard InChI is InChI=1S/C21H26N4O/c1-14-5-6-16(12-15(14)2)19-9-10-20(24-23-19)25-11-3-4-17(13-25)21(26)22-18-7-8-18/h5-6,9-10,12,17-18H,3-4,7-8,11,13H2,1-2H3,(H,22,26)/t17-/m1/s1. The molecule has 1 aliphatic heterocycles. The number of aryl methyl sites for hydroxylation is 2. The molecule has 5 heteroatoms. The molecule has 2 aliphatic rings. The van der Waals surface area contributed by atoms with Crippen LogP contribution in [0.2, 0.25) is 0 Å². The molecule has 2 fully saturated rings. The van der Waals surface area contributed by atoms with Gasteiger partial charge in [0.1, 0.15) is 0 Å². The molecule has 136 valence electrons. The minimum atomic E-state index is 0.0607. The number of hydrogen-bond donors (Lipinski definition) is 1. The Hall–Kier alpha value is -2.43. The van der Waals surface area contributed by atoms with E-state index >= 15 is 0 Å². The van der Waals surface area contributed by atoms with E-state index in [-0.39, 0.29) is 11.8 Å². The lowest BCUT2D eigenvalue weighted by Crippen LogP contribution is -2.44. The van der Waals surface area contributed by atoms with Gasteiger partial charge in [-0.05, 0) is 68.9 Å². The van der Waals surface area contributed by atoms with E-state index in [1.54, 1.807) is 0 Å². The van der Waals surface area contributed by atoms with E-state index in [1.165, 1.54) is 11.1 Å². The van der Waals surface area contributed by atoms with Crippen LogP contribution in [-0.4, -0.2) is 35.2 Å². The van der Waals surface area contributed by atoms with E-state index < -0.39 is 0 Å². The molecule has 26 heavy (non-hydrogen) atoms. The van der Waals surface area contributed by atoms with Crippen LogP contribution >= 0.6 is 0 Å². The van der Waals surface area contributed by atoms with Crippen molar-refractivity contribution in [2.24, 2.45) is 5.92 Å². The fraction of sp³-hybridized carbons (Fsp3) is 0.476. The fourth-order valence-electron chi connectivity index (χ4n) is 3.49. The largest absolute Gasteiger partial charge is 0.354 e. The molecule has 1 amide bonds. The number of nitrogens with one attached hydrogen (secondary N) is 1. The maximum Gasteiger partial charge on any atom is 0.225 e. The van der Waals surface area contributed by atoms with E-state index in [4.69, 9.17) is 0 Å². The first-order valence-corrected chi connectivity index (χ1v) is 9.57. The molecular weight excluding hydrogens is 324 g/mol. The Morgan fingerprint density at radius 1 is 1.08 bits per heavy atom. The van der Waals surface area contributed by atoms with Gasteiger partial charge in [-0.3, -0.25) is 4.79 Å². The van der Waals surface area contributed by atoms with Gasteiger partial charge in [0.05, 0.1) is 11.6 Å². The van der Waals surface area contributed by atoms with Crippen LogP contribution in [-0.2, 0) is 4.79 Å². The van der Waals surface area contributed by atoms with Gasteiger partial charge in [-0.1, -0.05) is 12.1 Å². The topological polar surface area (TPSA) is 58.1 Å². The van der Waals surface area contributed by atoms with Crippen molar-refractivity contribution >= 4 is 11.7 Å². The van der Waals surface area contributed by atoms with Gasteiger partial charge in [0.25, 0.3) is 0 Å². The van der Waals surface area contributed by atoms with Crippen LogP contribution in [0.15, 0.2) is 30.3 Å². The molecule has 1 saturated heterocycles. The van der Waals surface area contributed by atoms with Gasteiger partial charge in [-0.25, -0.2) is 0 Å². The molecule has 1 saturated carbocycles. The van der Waals surface area contributed by atoms with Gasteiger partial charge in [0, 0.05) is 24.7 Å². The number of anilines is 1. The van der Waals surface area contributed by atoms with Crippen molar-refractivity contribution < 1.29 is 4.79 Å². The highest BCUT2D eigenvalue weighted by Crippen LogP contribution is 2.26. The number of carbonyl (C=O) groups excluding carboxylic acids is 1. The van der Waals surface area contributed by atoms with Crippen LogP contribution in [0.25, 0.3) is 11.3 Å². The molecule has 0 unspecified atom stereocenters. The lowest BCUT2D eigenvalue weighted by molar-refractivity contribution is -0.125. The third-order valence-corrected chi connectivity index (χ3v) is 5.49. The molecule has 1 atom stereocenters. The van der Waals surface area contributed by atoms with E-state index in [9.17, 15) is 4.79 Å². The molecule has 0 spiro atoms. The van der Waals surface area contributed by atoms with E-state index in [2.05, 4.69) is 52.5 Å².